The number of carbonyl (C=O) groups excluding carboxylic acids is 2. The minimum absolute atomic E-state index is 0.0405. The van der Waals surface area contributed by atoms with Gasteiger partial charge in [0, 0.05) is 11.6 Å². The topological polar surface area (TPSA) is 116 Å². The average molecular weight is 415 g/mol. The second-order valence-electron chi connectivity index (χ2n) is 8.38. The van der Waals surface area contributed by atoms with Crippen LogP contribution in [0.4, 0.5) is 0 Å². The Hall–Kier alpha value is -2.67. The Labute approximate surface area is 176 Å². The van der Waals surface area contributed by atoms with Crippen LogP contribution in [-0.2, 0) is 9.59 Å². The second kappa shape index (κ2) is 9.89. The maximum Gasteiger partial charge on any atom is 0.330 e. The predicted molar refractivity (Wildman–Crippen MR) is 112 cm³/mol. The van der Waals surface area contributed by atoms with Gasteiger partial charge in [-0.15, -0.1) is 0 Å². The molecule has 1 aromatic rings. The van der Waals surface area contributed by atoms with Crippen LogP contribution in [-0.4, -0.2) is 33.6 Å². The van der Waals surface area contributed by atoms with Crippen LogP contribution in [0.15, 0.2) is 30.3 Å². The van der Waals surface area contributed by atoms with Gasteiger partial charge >= 0.3 is 5.97 Å². The Morgan fingerprint density at radius 2 is 1.43 bits per heavy atom. The standard InChI is InChI=1S/C23H30N2O5/c26-20(25-30)15-12-16-10-13-17(14-11-16)21(27)24-23(22(28)29,19-8-4-5-9-19)18-6-2-1-3-7-18/h10-15,18-19,30H,1-9H2,(H,24,27)(H,25,26)(H,28,29)/b15-12+/t23-/m1/s1. The van der Waals surface area contributed by atoms with Crippen molar-refractivity contribution < 1.29 is 24.7 Å². The number of carboxylic acids is 1. The highest BCUT2D eigenvalue weighted by atomic mass is 16.5. The van der Waals surface area contributed by atoms with Crippen molar-refractivity contribution in [2.75, 3.05) is 0 Å². The largest absolute Gasteiger partial charge is 0.479 e. The van der Waals surface area contributed by atoms with E-state index in [2.05, 4.69) is 5.32 Å². The van der Waals surface area contributed by atoms with Gasteiger partial charge in [0.1, 0.15) is 5.54 Å². The Balaban J connectivity index is 1.83. The van der Waals surface area contributed by atoms with Gasteiger partial charge in [0.05, 0.1) is 0 Å². The fourth-order valence-electron chi connectivity index (χ4n) is 5.09. The van der Waals surface area contributed by atoms with Crippen LogP contribution in [0.3, 0.4) is 0 Å². The number of hydroxylamine groups is 1. The summed E-state index contributed by atoms with van der Waals surface area (Å²) in [6.07, 6.45) is 11.2. The molecule has 1 aromatic carbocycles. The lowest BCUT2D eigenvalue weighted by Gasteiger charge is -2.44. The molecular weight excluding hydrogens is 384 g/mol. The van der Waals surface area contributed by atoms with Gasteiger partial charge in [0.2, 0.25) is 0 Å². The summed E-state index contributed by atoms with van der Waals surface area (Å²) in [5.41, 5.74) is 1.37. The zero-order valence-electron chi connectivity index (χ0n) is 17.1. The van der Waals surface area contributed by atoms with Crippen molar-refractivity contribution in [1.82, 2.24) is 10.8 Å². The van der Waals surface area contributed by atoms with Gasteiger partial charge in [-0.3, -0.25) is 14.8 Å². The molecule has 7 heteroatoms. The van der Waals surface area contributed by atoms with Gasteiger partial charge in [-0.2, -0.15) is 0 Å². The van der Waals surface area contributed by atoms with Crippen LogP contribution < -0.4 is 10.8 Å². The van der Waals surface area contributed by atoms with Crippen LogP contribution in [0.2, 0.25) is 0 Å². The van der Waals surface area contributed by atoms with E-state index >= 15 is 0 Å². The number of hydrogen-bond acceptors (Lipinski definition) is 4. The molecule has 2 aliphatic carbocycles. The Kier molecular flexibility index (Phi) is 7.26. The highest BCUT2D eigenvalue weighted by Crippen LogP contribution is 2.44. The summed E-state index contributed by atoms with van der Waals surface area (Å²) in [5, 5.41) is 21.9. The van der Waals surface area contributed by atoms with Crippen molar-refractivity contribution in [2.45, 2.75) is 63.3 Å². The first-order valence-corrected chi connectivity index (χ1v) is 10.8. The lowest BCUT2D eigenvalue weighted by molar-refractivity contribution is -0.151. The molecule has 0 radical (unpaired) electrons. The third-order valence-electron chi connectivity index (χ3n) is 6.63. The number of aliphatic carboxylic acids is 1. The van der Waals surface area contributed by atoms with Gasteiger partial charge < -0.3 is 10.4 Å². The maximum atomic E-state index is 13.1. The lowest BCUT2D eigenvalue weighted by Crippen LogP contribution is -2.63. The summed E-state index contributed by atoms with van der Waals surface area (Å²) in [7, 11) is 0. The Morgan fingerprint density at radius 1 is 0.900 bits per heavy atom. The zero-order valence-corrected chi connectivity index (χ0v) is 17.1. The molecule has 3 rings (SSSR count). The summed E-state index contributed by atoms with van der Waals surface area (Å²) in [6, 6.07) is 6.59. The Morgan fingerprint density at radius 3 is 1.93 bits per heavy atom. The fourth-order valence-corrected chi connectivity index (χ4v) is 5.09. The number of carboxylic acid groups (broad SMARTS) is 1. The smallest absolute Gasteiger partial charge is 0.330 e. The van der Waals surface area contributed by atoms with E-state index in [1.807, 2.05) is 0 Å². The molecular formula is C23H30N2O5. The number of amides is 2. The molecule has 2 aliphatic rings. The second-order valence-corrected chi connectivity index (χ2v) is 8.38. The monoisotopic (exact) mass is 414 g/mol. The molecule has 0 saturated heterocycles. The molecule has 30 heavy (non-hydrogen) atoms. The predicted octanol–water partition coefficient (Wildman–Crippen LogP) is 3.53. The molecule has 0 heterocycles. The van der Waals surface area contributed by atoms with Gasteiger partial charge in [0.25, 0.3) is 11.8 Å². The zero-order chi connectivity index (χ0) is 21.6. The van der Waals surface area contributed by atoms with Crippen molar-refractivity contribution in [1.29, 1.82) is 0 Å². The third kappa shape index (κ3) is 4.73. The van der Waals surface area contributed by atoms with Crippen LogP contribution >= 0.6 is 0 Å². The average Bonchev–Trinajstić information content (AvgIpc) is 3.31. The number of hydrogen-bond donors (Lipinski definition) is 4. The van der Waals surface area contributed by atoms with Gasteiger partial charge in [-0.25, -0.2) is 10.3 Å². The van der Waals surface area contributed by atoms with Gasteiger partial charge in [0.15, 0.2) is 0 Å². The summed E-state index contributed by atoms with van der Waals surface area (Å²) in [5.74, 6) is -2.02. The molecule has 0 spiro atoms. The number of benzene rings is 1. The van der Waals surface area contributed by atoms with E-state index in [9.17, 15) is 19.5 Å². The molecule has 0 unspecified atom stereocenters. The Bertz CT molecular complexity index is 792. The first-order chi connectivity index (χ1) is 14.5. The van der Waals surface area contributed by atoms with Crippen LogP contribution in [0.1, 0.15) is 73.7 Å². The summed E-state index contributed by atoms with van der Waals surface area (Å²) in [6.45, 7) is 0. The normalized spacial score (nSPS) is 20.0. The van der Waals surface area contributed by atoms with Crippen molar-refractivity contribution in [3.63, 3.8) is 0 Å². The number of rotatable bonds is 7. The summed E-state index contributed by atoms with van der Waals surface area (Å²) < 4.78 is 0. The van der Waals surface area contributed by atoms with E-state index < -0.39 is 17.4 Å². The molecule has 2 saturated carbocycles. The lowest BCUT2D eigenvalue weighted by atomic mass is 9.67. The molecule has 1 atom stereocenters. The third-order valence-corrected chi connectivity index (χ3v) is 6.63. The SMILES string of the molecule is O=C(/C=C/c1ccc(C(=O)N[C@](C(=O)O)(C2CCCCC2)C2CCCC2)cc1)NO. The molecule has 2 amide bonds. The van der Waals surface area contributed by atoms with Crippen LogP contribution in [0.25, 0.3) is 6.08 Å². The van der Waals surface area contributed by atoms with E-state index in [1.54, 1.807) is 24.3 Å². The molecule has 4 N–H and O–H groups in total. The molecule has 0 bridgehead atoms. The molecule has 0 aliphatic heterocycles. The van der Waals surface area contributed by atoms with Crippen molar-refractivity contribution in [3.8, 4) is 0 Å². The van der Waals surface area contributed by atoms with E-state index in [1.165, 1.54) is 17.6 Å². The van der Waals surface area contributed by atoms with E-state index in [4.69, 9.17) is 5.21 Å². The fraction of sp³-hybridized carbons (Fsp3) is 0.522. The maximum absolute atomic E-state index is 13.1. The van der Waals surface area contributed by atoms with E-state index in [0.29, 0.717) is 11.1 Å². The molecule has 7 nitrogen and oxygen atoms in total. The first kappa shape index (κ1) is 22.0. The van der Waals surface area contributed by atoms with Crippen molar-refractivity contribution in [2.24, 2.45) is 11.8 Å². The minimum Gasteiger partial charge on any atom is -0.479 e. The van der Waals surface area contributed by atoms with Crippen LogP contribution in [0.5, 0.6) is 0 Å². The van der Waals surface area contributed by atoms with Crippen LogP contribution in [0, 0.1) is 11.8 Å². The number of carbonyl (C=O) groups is 3. The highest BCUT2D eigenvalue weighted by molar-refractivity contribution is 5.98. The highest BCUT2D eigenvalue weighted by Gasteiger charge is 2.53. The number of nitrogens with one attached hydrogen (secondary N) is 2. The van der Waals surface area contributed by atoms with Gasteiger partial charge in [-0.05, 0) is 61.3 Å². The van der Waals surface area contributed by atoms with E-state index in [-0.39, 0.29) is 17.7 Å². The van der Waals surface area contributed by atoms with Crippen molar-refractivity contribution >= 4 is 23.9 Å². The van der Waals surface area contributed by atoms with E-state index in [0.717, 1.165) is 57.8 Å². The summed E-state index contributed by atoms with van der Waals surface area (Å²) in [4.78, 5) is 36.8. The quantitative estimate of drug-likeness (QED) is 0.309. The molecule has 2 fully saturated rings. The molecule has 0 aromatic heterocycles. The minimum atomic E-state index is -1.22. The first-order valence-electron chi connectivity index (χ1n) is 10.8. The summed E-state index contributed by atoms with van der Waals surface area (Å²) >= 11 is 0. The molecule has 162 valence electrons. The van der Waals surface area contributed by atoms with Gasteiger partial charge in [-0.1, -0.05) is 44.2 Å². The van der Waals surface area contributed by atoms with Crippen molar-refractivity contribution in [3.05, 3.63) is 41.5 Å².